The number of rotatable bonds is 3. The first-order valence-electron chi connectivity index (χ1n) is 6.77. The van der Waals surface area contributed by atoms with Crippen LogP contribution in [0.5, 0.6) is 0 Å². The van der Waals surface area contributed by atoms with Crippen molar-refractivity contribution in [2.24, 2.45) is 4.99 Å². The number of benzene rings is 2. The molecule has 1 radical (unpaired) electrons. The monoisotopic (exact) mass is 374 g/mol. The summed E-state index contributed by atoms with van der Waals surface area (Å²) in [5.41, 5.74) is 3.79. The summed E-state index contributed by atoms with van der Waals surface area (Å²) < 4.78 is 2.83. The van der Waals surface area contributed by atoms with Crippen molar-refractivity contribution in [1.29, 1.82) is 0 Å². The van der Waals surface area contributed by atoms with Crippen molar-refractivity contribution in [3.05, 3.63) is 70.9 Å². The fourth-order valence-corrected chi connectivity index (χ4v) is 2.93. The molecule has 0 spiro atoms. The van der Waals surface area contributed by atoms with Crippen LogP contribution in [0.2, 0.25) is 5.02 Å². The third-order valence-electron chi connectivity index (χ3n) is 3.23. The Morgan fingerprint density at radius 1 is 1.09 bits per heavy atom. The van der Waals surface area contributed by atoms with Crippen LogP contribution in [0.1, 0.15) is 11.3 Å². The van der Waals surface area contributed by atoms with Crippen molar-refractivity contribution in [3.8, 4) is 5.69 Å². The van der Waals surface area contributed by atoms with E-state index >= 15 is 0 Å². The zero-order valence-electron chi connectivity index (χ0n) is 11.9. The van der Waals surface area contributed by atoms with E-state index < -0.39 is 0 Å². The fraction of sp³-hybridized carbons (Fsp3) is 0.0588. The number of hydrogen-bond donors (Lipinski definition) is 0. The standard InChI is InChI=1S/C17H13ClN3Se/c1-12-16(11-19-14-9-7-13(18)8-10-14)17(22)21(20-12)15-5-3-2-4-6-15/h2-11H,1H3. The Balaban J connectivity index is 1.95. The molecule has 5 heteroatoms. The van der Waals surface area contributed by atoms with Gasteiger partial charge in [-0.1, -0.05) is 0 Å². The fourth-order valence-electron chi connectivity index (χ4n) is 2.08. The van der Waals surface area contributed by atoms with Crippen molar-refractivity contribution < 1.29 is 0 Å². The summed E-state index contributed by atoms with van der Waals surface area (Å²) in [5, 5.41) is 5.29. The van der Waals surface area contributed by atoms with Gasteiger partial charge in [-0.25, -0.2) is 0 Å². The molecule has 109 valence electrons. The molecule has 0 bridgehead atoms. The molecule has 0 saturated carbocycles. The van der Waals surface area contributed by atoms with Gasteiger partial charge in [-0.05, 0) is 0 Å². The van der Waals surface area contributed by atoms with Crippen molar-refractivity contribution in [2.75, 3.05) is 0 Å². The molecule has 0 aliphatic rings. The molecule has 0 amide bonds. The third-order valence-corrected chi connectivity index (χ3v) is 4.31. The molecule has 0 aliphatic carbocycles. The molecule has 0 fully saturated rings. The van der Waals surface area contributed by atoms with Gasteiger partial charge < -0.3 is 0 Å². The molecular weight excluding hydrogens is 361 g/mol. The molecule has 22 heavy (non-hydrogen) atoms. The second-order valence-corrected chi connectivity index (χ2v) is 6.03. The Hall–Kier alpha value is -1.87. The maximum absolute atomic E-state index is 5.88. The first-order chi connectivity index (χ1) is 10.6. The summed E-state index contributed by atoms with van der Waals surface area (Å²) in [6.45, 7) is 1.98. The SMILES string of the molecule is Cc1nn(-c2ccccc2)c([Se])c1C=Nc1ccc(Cl)cc1. The van der Waals surface area contributed by atoms with Crippen LogP contribution in [0.25, 0.3) is 5.69 Å². The summed E-state index contributed by atoms with van der Waals surface area (Å²) >= 11 is 8.97. The summed E-state index contributed by atoms with van der Waals surface area (Å²) in [4.78, 5) is 4.49. The van der Waals surface area contributed by atoms with Crippen molar-refractivity contribution in [3.63, 3.8) is 0 Å². The van der Waals surface area contributed by atoms with Gasteiger partial charge in [0.05, 0.1) is 0 Å². The van der Waals surface area contributed by atoms with E-state index in [9.17, 15) is 0 Å². The first-order valence-corrected chi connectivity index (χ1v) is 8.00. The Kier molecular flexibility index (Phi) is 4.44. The van der Waals surface area contributed by atoms with Crippen LogP contribution in [-0.2, 0) is 0 Å². The van der Waals surface area contributed by atoms with E-state index in [1.807, 2.05) is 72.4 Å². The van der Waals surface area contributed by atoms with E-state index in [1.165, 1.54) is 0 Å². The number of aryl methyl sites for hydroxylation is 1. The summed E-state index contributed by atoms with van der Waals surface area (Å²) in [6, 6.07) is 17.4. The third kappa shape index (κ3) is 3.14. The molecule has 3 aromatic rings. The molecule has 1 heterocycles. The van der Waals surface area contributed by atoms with Gasteiger partial charge in [0.25, 0.3) is 0 Å². The zero-order valence-corrected chi connectivity index (χ0v) is 14.4. The minimum atomic E-state index is 0.705. The molecule has 0 unspecified atom stereocenters. The summed E-state index contributed by atoms with van der Waals surface area (Å²) in [7, 11) is 0. The van der Waals surface area contributed by atoms with Crippen LogP contribution in [0.3, 0.4) is 0 Å². The van der Waals surface area contributed by atoms with E-state index in [-0.39, 0.29) is 0 Å². The minimum absolute atomic E-state index is 0.705. The number of halogens is 1. The molecule has 0 saturated heterocycles. The Bertz CT molecular complexity index is 808. The topological polar surface area (TPSA) is 30.2 Å². The van der Waals surface area contributed by atoms with Gasteiger partial charge in [0.15, 0.2) is 0 Å². The molecule has 1 aromatic heterocycles. The van der Waals surface area contributed by atoms with Crippen molar-refractivity contribution >= 4 is 44.1 Å². The average molecular weight is 374 g/mol. The predicted molar refractivity (Wildman–Crippen MR) is 92.4 cm³/mol. The molecule has 0 N–H and O–H groups in total. The van der Waals surface area contributed by atoms with E-state index in [2.05, 4.69) is 26.1 Å². The maximum atomic E-state index is 5.88. The van der Waals surface area contributed by atoms with Crippen LogP contribution in [-0.4, -0.2) is 32.0 Å². The Labute approximate surface area is 142 Å². The molecule has 3 rings (SSSR count). The quantitative estimate of drug-likeness (QED) is 0.511. The van der Waals surface area contributed by atoms with Gasteiger partial charge in [-0.2, -0.15) is 0 Å². The molecule has 0 aliphatic heterocycles. The van der Waals surface area contributed by atoms with E-state index in [1.54, 1.807) is 0 Å². The predicted octanol–water partition coefficient (Wildman–Crippen LogP) is 3.38. The van der Waals surface area contributed by atoms with E-state index in [4.69, 9.17) is 11.6 Å². The number of nitrogens with zero attached hydrogens (tertiary/aromatic N) is 3. The van der Waals surface area contributed by atoms with Crippen LogP contribution in [0.15, 0.2) is 59.6 Å². The van der Waals surface area contributed by atoms with Crippen LogP contribution < -0.4 is 4.59 Å². The molecular formula is C17H13ClN3Se. The molecule has 2 aromatic carbocycles. The first kappa shape index (κ1) is 15.0. The molecule has 3 nitrogen and oxygen atoms in total. The van der Waals surface area contributed by atoms with E-state index in [0.717, 1.165) is 27.2 Å². The summed E-state index contributed by atoms with van der Waals surface area (Å²) in [5.74, 6) is 0. The number of para-hydroxylation sites is 1. The van der Waals surface area contributed by atoms with E-state index in [0.29, 0.717) is 5.02 Å². The number of hydrogen-bond acceptors (Lipinski definition) is 2. The van der Waals surface area contributed by atoms with Gasteiger partial charge in [0.2, 0.25) is 0 Å². The second kappa shape index (κ2) is 6.49. The van der Waals surface area contributed by atoms with Gasteiger partial charge in [-0.15, -0.1) is 0 Å². The second-order valence-electron chi connectivity index (χ2n) is 4.79. The van der Waals surface area contributed by atoms with Crippen molar-refractivity contribution in [2.45, 2.75) is 6.92 Å². The van der Waals surface area contributed by atoms with Crippen LogP contribution in [0.4, 0.5) is 5.69 Å². The van der Waals surface area contributed by atoms with Crippen molar-refractivity contribution in [1.82, 2.24) is 9.78 Å². The number of aliphatic imine (C=N–C) groups is 1. The normalized spacial score (nSPS) is 11.2. The van der Waals surface area contributed by atoms with Gasteiger partial charge in [0.1, 0.15) is 0 Å². The van der Waals surface area contributed by atoms with Gasteiger partial charge in [-0.3, -0.25) is 0 Å². The average Bonchev–Trinajstić information content (AvgIpc) is 2.82. The zero-order chi connectivity index (χ0) is 15.5. The van der Waals surface area contributed by atoms with Gasteiger partial charge in [0, 0.05) is 0 Å². The summed E-state index contributed by atoms with van der Waals surface area (Å²) in [6.07, 6.45) is 1.83. The van der Waals surface area contributed by atoms with Crippen LogP contribution in [0, 0.1) is 6.92 Å². The number of aromatic nitrogens is 2. The van der Waals surface area contributed by atoms with Crippen LogP contribution >= 0.6 is 11.6 Å². The molecule has 0 atom stereocenters. The Morgan fingerprint density at radius 3 is 2.45 bits per heavy atom. The Morgan fingerprint density at radius 2 is 1.77 bits per heavy atom. The van der Waals surface area contributed by atoms with Gasteiger partial charge >= 0.3 is 142 Å².